The number of hydrogen-bond donors (Lipinski definition) is 6. The van der Waals surface area contributed by atoms with Gasteiger partial charge in [0.1, 0.15) is 53.2 Å². The van der Waals surface area contributed by atoms with Crippen molar-refractivity contribution in [2.45, 2.75) is 37.8 Å². The molecular formula is C64H76Cl3N23O11. The lowest BCUT2D eigenvalue weighted by Crippen LogP contribution is -2.33. The summed E-state index contributed by atoms with van der Waals surface area (Å²) in [6.07, 6.45) is 19.6. The molecule has 11 heterocycles. The number of nitrogen functional groups attached to an aromatic ring is 1. The zero-order chi connectivity index (χ0) is 72.0. The van der Waals surface area contributed by atoms with Gasteiger partial charge in [-0.05, 0) is 55.4 Å². The minimum Gasteiger partial charge on any atom is -0.493 e. The lowest BCUT2D eigenvalue weighted by atomic mass is 10.2. The predicted octanol–water partition coefficient (Wildman–Crippen LogP) is 8.13. The molecule has 2 saturated heterocycles. The molecule has 37 heteroatoms. The molecule has 34 nitrogen and oxygen atoms in total. The number of anilines is 6. The smallest absolute Gasteiger partial charge is 0.229 e. The van der Waals surface area contributed by atoms with Crippen molar-refractivity contribution < 1.29 is 52.8 Å². The number of methoxy groups -OCH3 is 9. The maximum absolute atomic E-state index is 9.78. The first kappa shape index (κ1) is 72.8. The Morgan fingerprint density at radius 1 is 0.495 bits per heavy atom. The van der Waals surface area contributed by atoms with Crippen molar-refractivity contribution in [1.82, 2.24) is 93.2 Å². The van der Waals surface area contributed by atoms with E-state index in [0.29, 0.717) is 127 Å². The fourth-order valence-corrected chi connectivity index (χ4v) is 11.5. The van der Waals surface area contributed by atoms with Crippen LogP contribution in [0.2, 0.25) is 15.7 Å². The van der Waals surface area contributed by atoms with Crippen LogP contribution in [-0.2, 0) is 21.1 Å². The predicted molar refractivity (Wildman–Crippen MR) is 380 cm³/mol. The summed E-state index contributed by atoms with van der Waals surface area (Å²) in [4.78, 5) is 40.6. The van der Waals surface area contributed by atoms with E-state index in [9.17, 15) is 5.11 Å². The van der Waals surface area contributed by atoms with Crippen LogP contribution in [0.4, 0.5) is 35.0 Å². The molecule has 0 aliphatic carbocycles. The monoisotopic (exact) mass is 1450 g/mol. The van der Waals surface area contributed by atoms with Crippen molar-refractivity contribution in [3.8, 4) is 68.8 Å². The molecule has 2 atom stereocenters. The van der Waals surface area contributed by atoms with Gasteiger partial charge < -0.3 is 93.1 Å². The molecule has 101 heavy (non-hydrogen) atoms. The lowest BCUT2D eigenvalue weighted by Gasteiger charge is -2.23. The van der Waals surface area contributed by atoms with Crippen molar-refractivity contribution in [1.29, 1.82) is 0 Å². The third-order valence-electron chi connectivity index (χ3n) is 16.0. The number of benzene rings is 3. The number of hydrogen-bond acceptors (Lipinski definition) is 28. The van der Waals surface area contributed by atoms with Gasteiger partial charge in [-0.15, -0.1) is 0 Å². The summed E-state index contributed by atoms with van der Waals surface area (Å²) in [5.74, 6) is 8.22. The number of ether oxygens (including phenoxy) is 9. The first-order valence-electron chi connectivity index (χ1n) is 31.0. The molecule has 3 aromatic carbocycles. The second-order valence-corrected chi connectivity index (χ2v) is 23.1. The Hall–Kier alpha value is -10.9. The molecule has 2 fully saturated rings. The molecule has 2 aliphatic rings. The van der Waals surface area contributed by atoms with E-state index < -0.39 is 0 Å². The molecule has 0 radical (unpaired) electrons. The Balaban J connectivity index is 0.000000148. The van der Waals surface area contributed by atoms with Gasteiger partial charge in [0, 0.05) is 70.1 Å². The van der Waals surface area contributed by atoms with Crippen molar-refractivity contribution in [3.63, 3.8) is 0 Å². The number of aliphatic hydroxyl groups excluding tert-OH is 2. The van der Waals surface area contributed by atoms with Gasteiger partial charge >= 0.3 is 0 Å². The van der Waals surface area contributed by atoms with E-state index >= 15 is 0 Å². The fourth-order valence-electron chi connectivity index (χ4n) is 10.9. The van der Waals surface area contributed by atoms with Crippen molar-refractivity contribution in [3.05, 3.63) is 108 Å². The quantitative estimate of drug-likeness (QED) is 0.0328. The van der Waals surface area contributed by atoms with Crippen LogP contribution in [0.25, 0.3) is 50.2 Å². The molecule has 2 aliphatic heterocycles. The van der Waals surface area contributed by atoms with Crippen molar-refractivity contribution >= 4 is 103 Å². The minimum atomic E-state index is 0.00719. The highest BCUT2D eigenvalue weighted by Crippen LogP contribution is 2.42. The third kappa shape index (κ3) is 16.5. The first-order chi connectivity index (χ1) is 48.9. The Morgan fingerprint density at radius 3 is 1.31 bits per heavy atom. The van der Waals surface area contributed by atoms with E-state index in [4.69, 9.17) is 98.2 Å². The number of nitrogens with two attached hydrogens (primary N) is 1. The Morgan fingerprint density at radius 2 is 0.911 bits per heavy atom. The summed E-state index contributed by atoms with van der Waals surface area (Å²) < 4.78 is 58.7. The molecule has 0 amide bonds. The highest BCUT2D eigenvalue weighted by molar-refractivity contribution is 6.35. The van der Waals surface area contributed by atoms with Crippen LogP contribution in [-0.4, -0.2) is 200 Å². The standard InChI is InChI=1S/C23H28N8O4.C18H18ClN7O3.C12H15N3O3.C6H4Cl2N4.C5H11NO/c1-29-22-16(10-25-29)21(27-23(28-22)31-7-5-6-14(31)12-32)26-19-11-30(13-24-19)15-8-17(33-2)20(35-4)18(9-15)34-3;1-25-17-11(7-21-25)16(23-18(19)24-17)22-14-8-26(9-20-14)10-5-12(27-2)15(29-4)13(6-10)28-3;1-16-9-4-8(15-6-11(13)14-7-15)5-10(17-2)12(9)18-3;1-12-5-3(2-9-12)4(7)10-6(8)11-5;7-4-5-2-1-3-6-5/h8-11,13-14,32H,5-7,12H2,1-4H3,(H,26,27,28);5-9H,1-4H3,(H,22,23,24);4-7H,13H2,1-3H3;2H,1H3;5-7H,1-4H2/t14-;;;;5-/m0...0/s1. The lowest BCUT2D eigenvalue weighted by molar-refractivity contribution is 0.255. The molecule has 0 unspecified atom stereocenters. The van der Waals surface area contributed by atoms with Gasteiger partial charge in [-0.1, -0.05) is 11.6 Å². The van der Waals surface area contributed by atoms with Gasteiger partial charge in [-0.25, -0.2) is 19.9 Å². The van der Waals surface area contributed by atoms with E-state index in [-0.39, 0.29) is 23.2 Å². The molecule has 14 rings (SSSR count). The summed E-state index contributed by atoms with van der Waals surface area (Å²) in [7, 11) is 19.5. The maximum Gasteiger partial charge on any atom is 0.229 e. The fraction of sp³-hybridized carbons (Fsp3) is 0.344. The second kappa shape index (κ2) is 33.3. The SMILES string of the molecule is COc1cc(-n2cnc(N)c2)cc(OC)c1OC.COc1cc(-n2cnc(Nc3nc(Cl)nc4c3cnn4C)c2)cc(OC)c1OC.COc1cc(-n2cnc(Nc3nc(N4CCC[C@H]4CO)nc4c3cnn4C)c2)cc(OC)c1OC.Cn1ncc2c(Cl)nc(Cl)nc21.OC[C@@H]1CCCN1. The average Bonchev–Trinajstić information content (AvgIpc) is 1.66. The van der Waals surface area contributed by atoms with Crippen LogP contribution >= 0.6 is 34.8 Å². The molecule has 534 valence electrons. The van der Waals surface area contributed by atoms with Gasteiger partial charge in [0.05, 0.1) is 154 Å². The van der Waals surface area contributed by atoms with Crippen LogP contribution in [0.1, 0.15) is 25.7 Å². The van der Waals surface area contributed by atoms with E-state index in [1.807, 2.05) is 63.7 Å². The molecule has 9 aromatic heterocycles. The van der Waals surface area contributed by atoms with Gasteiger partial charge in [-0.2, -0.15) is 40.2 Å². The number of aryl methyl sites for hydroxylation is 3. The normalized spacial score (nSPS) is 13.8. The number of aromatic nitrogens is 18. The molecular weight excluding hydrogens is 1370 g/mol. The second-order valence-electron chi connectivity index (χ2n) is 22.1. The molecule has 7 N–H and O–H groups in total. The van der Waals surface area contributed by atoms with Crippen LogP contribution < -0.4 is 69.2 Å². The van der Waals surface area contributed by atoms with Crippen molar-refractivity contribution in [2.24, 2.45) is 21.1 Å². The Kier molecular flexibility index (Phi) is 24.0. The zero-order valence-corrected chi connectivity index (χ0v) is 59.5. The zero-order valence-electron chi connectivity index (χ0n) is 57.2. The van der Waals surface area contributed by atoms with Gasteiger partial charge in [0.15, 0.2) is 51.4 Å². The number of fused-ring (bicyclic) bond motifs is 3. The highest BCUT2D eigenvalue weighted by atomic mass is 35.5. The van der Waals surface area contributed by atoms with Crippen LogP contribution in [0.3, 0.4) is 0 Å². The highest BCUT2D eigenvalue weighted by Gasteiger charge is 2.28. The average molecular weight is 1450 g/mol. The summed E-state index contributed by atoms with van der Waals surface area (Å²) in [6.45, 7) is 2.25. The van der Waals surface area contributed by atoms with Gasteiger partial charge in [0.25, 0.3) is 0 Å². The summed E-state index contributed by atoms with van der Waals surface area (Å²) in [6, 6.07) is 11.4. The largest absolute Gasteiger partial charge is 0.493 e. The number of nitrogens with zero attached hydrogens (tertiary/aromatic N) is 19. The summed E-state index contributed by atoms with van der Waals surface area (Å²) in [5, 5.41) is 43.2. The van der Waals surface area contributed by atoms with Crippen molar-refractivity contribution in [2.75, 3.05) is 112 Å². The maximum atomic E-state index is 9.78. The minimum absolute atomic E-state index is 0.00719. The molecule has 0 saturated carbocycles. The third-order valence-corrected chi connectivity index (χ3v) is 16.6. The molecule has 12 aromatic rings. The number of halogens is 3. The van der Waals surface area contributed by atoms with Crippen LogP contribution in [0, 0.1) is 0 Å². The topological polar surface area (TPSA) is 373 Å². The number of rotatable bonds is 19. The van der Waals surface area contributed by atoms with Gasteiger partial charge in [0.2, 0.25) is 33.8 Å². The first-order valence-corrected chi connectivity index (χ1v) is 32.1. The summed E-state index contributed by atoms with van der Waals surface area (Å²) >= 11 is 17.4. The number of nitrogens with one attached hydrogen (secondary N) is 3. The van der Waals surface area contributed by atoms with E-state index in [1.165, 1.54) is 6.42 Å². The number of aliphatic hydroxyl groups is 2. The Bertz CT molecular complexity index is 4710. The molecule has 0 spiro atoms. The van der Waals surface area contributed by atoms with E-state index in [0.717, 1.165) is 60.2 Å². The van der Waals surface area contributed by atoms with E-state index in [1.54, 1.807) is 147 Å². The number of imidazole rings is 3. The molecule has 0 bridgehead atoms. The summed E-state index contributed by atoms with van der Waals surface area (Å²) in [5.41, 5.74) is 9.96. The van der Waals surface area contributed by atoms with Crippen LogP contribution in [0.5, 0.6) is 51.7 Å². The van der Waals surface area contributed by atoms with Crippen LogP contribution in [0.15, 0.2) is 92.6 Å². The Labute approximate surface area is 593 Å². The van der Waals surface area contributed by atoms with Gasteiger partial charge in [-0.3, -0.25) is 14.0 Å². The van der Waals surface area contributed by atoms with E-state index in [2.05, 4.69) is 66.1 Å².